The summed E-state index contributed by atoms with van der Waals surface area (Å²) in [5.41, 5.74) is 3.95. The van der Waals surface area contributed by atoms with Gasteiger partial charge in [-0.05, 0) is 50.5 Å². The van der Waals surface area contributed by atoms with E-state index in [0.29, 0.717) is 18.8 Å². The van der Waals surface area contributed by atoms with Gasteiger partial charge in [0.15, 0.2) is 0 Å². The van der Waals surface area contributed by atoms with Gasteiger partial charge < -0.3 is 14.6 Å². The maximum atomic E-state index is 13.0. The molecule has 0 spiro atoms. The lowest BCUT2D eigenvalue weighted by Gasteiger charge is -2.21. The largest absolute Gasteiger partial charge is 0.481 e. The van der Waals surface area contributed by atoms with E-state index in [2.05, 4.69) is 25.1 Å². The molecule has 2 rings (SSSR count). The first-order chi connectivity index (χ1) is 11.4. The Morgan fingerprint density at radius 1 is 1.21 bits per heavy atom. The molecule has 0 unspecified atom stereocenters. The van der Waals surface area contributed by atoms with Crippen LogP contribution in [0.2, 0.25) is 0 Å². The van der Waals surface area contributed by atoms with E-state index in [9.17, 15) is 9.59 Å². The van der Waals surface area contributed by atoms with E-state index < -0.39 is 5.97 Å². The second kappa shape index (κ2) is 7.51. The number of carbonyl (C=O) groups is 2. The van der Waals surface area contributed by atoms with Crippen LogP contribution in [0.25, 0.3) is 10.9 Å². The number of amides is 1. The number of nitrogens with zero attached hydrogens (tertiary/aromatic N) is 2. The van der Waals surface area contributed by atoms with Gasteiger partial charge >= 0.3 is 5.97 Å². The normalized spacial score (nSPS) is 11.0. The Bertz CT molecular complexity index is 762. The number of rotatable bonds is 7. The van der Waals surface area contributed by atoms with Crippen molar-refractivity contribution in [2.45, 2.75) is 47.1 Å². The summed E-state index contributed by atoms with van der Waals surface area (Å²) in [7, 11) is 0. The molecule has 0 aliphatic heterocycles. The quantitative estimate of drug-likeness (QED) is 0.845. The highest BCUT2D eigenvalue weighted by Gasteiger charge is 2.24. The van der Waals surface area contributed by atoms with E-state index in [1.807, 2.05) is 25.3 Å². The van der Waals surface area contributed by atoms with Crippen molar-refractivity contribution < 1.29 is 14.7 Å². The number of aromatic nitrogens is 1. The van der Waals surface area contributed by atoms with Crippen molar-refractivity contribution in [3.8, 4) is 0 Å². The molecular weight excluding hydrogens is 304 g/mol. The van der Waals surface area contributed by atoms with E-state index >= 15 is 0 Å². The number of benzene rings is 1. The van der Waals surface area contributed by atoms with Crippen LogP contribution in [-0.4, -0.2) is 39.5 Å². The van der Waals surface area contributed by atoms with Gasteiger partial charge in [-0.2, -0.15) is 0 Å². The summed E-state index contributed by atoms with van der Waals surface area (Å²) in [5, 5.41) is 10.00. The lowest BCUT2D eigenvalue weighted by Crippen LogP contribution is -2.34. The summed E-state index contributed by atoms with van der Waals surface area (Å²) in [6, 6.07) is 6.33. The molecular formula is C19H26N2O3. The fourth-order valence-electron chi connectivity index (χ4n) is 3.18. The van der Waals surface area contributed by atoms with Gasteiger partial charge in [0.1, 0.15) is 5.69 Å². The van der Waals surface area contributed by atoms with Gasteiger partial charge in [-0.15, -0.1) is 0 Å². The van der Waals surface area contributed by atoms with Crippen molar-refractivity contribution in [3.05, 3.63) is 35.0 Å². The van der Waals surface area contributed by atoms with E-state index in [-0.39, 0.29) is 18.9 Å². The van der Waals surface area contributed by atoms with Crippen LogP contribution in [0, 0.1) is 6.92 Å². The Labute approximate surface area is 142 Å². The average Bonchev–Trinajstić information content (AvgIpc) is 2.86. The maximum Gasteiger partial charge on any atom is 0.305 e. The van der Waals surface area contributed by atoms with E-state index in [1.54, 1.807) is 4.90 Å². The Hall–Kier alpha value is -2.30. The van der Waals surface area contributed by atoms with Gasteiger partial charge in [0.05, 0.1) is 6.42 Å². The molecule has 0 bridgehead atoms. The minimum absolute atomic E-state index is 0.0367. The molecule has 0 atom stereocenters. The molecule has 2 aromatic rings. The minimum Gasteiger partial charge on any atom is -0.481 e. The van der Waals surface area contributed by atoms with Gasteiger partial charge in [0.2, 0.25) is 0 Å². The zero-order chi connectivity index (χ0) is 17.9. The molecule has 1 N–H and O–H groups in total. The number of carbonyl (C=O) groups excluding carboxylic acids is 1. The zero-order valence-electron chi connectivity index (χ0n) is 14.9. The number of fused-ring (bicyclic) bond motifs is 1. The number of carboxylic acid groups (broad SMARTS) is 1. The van der Waals surface area contributed by atoms with Crippen molar-refractivity contribution in [2.24, 2.45) is 0 Å². The minimum atomic E-state index is -0.887. The van der Waals surface area contributed by atoms with Crippen LogP contribution in [0.5, 0.6) is 0 Å². The van der Waals surface area contributed by atoms with Crippen molar-refractivity contribution in [1.29, 1.82) is 0 Å². The van der Waals surface area contributed by atoms with E-state index in [0.717, 1.165) is 22.9 Å². The van der Waals surface area contributed by atoms with Gasteiger partial charge in [-0.3, -0.25) is 9.59 Å². The summed E-state index contributed by atoms with van der Waals surface area (Å²) in [6.07, 6.45) is 0.917. The second-order valence-corrected chi connectivity index (χ2v) is 5.95. The number of aliphatic carboxylic acids is 1. The standard InChI is InChI=1S/C19H26N2O3/c1-5-14-8-9-16-15(12-14)13(4)18(21(16)7-3)19(24)20(6-2)11-10-17(22)23/h8-9,12H,5-7,10-11H2,1-4H3,(H,22,23). The van der Waals surface area contributed by atoms with Crippen LogP contribution in [0.3, 0.4) is 0 Å². The van der Waals surface area contributed by atoms with Crippen molar-refractivity contribution >= 4 is 22.8 Å². The summed E-state index contributed by atoms with van der Waals surface area (Å²) < 4.78 is 2.04. The molecule has 5 nitrogen and oxygen atoms in total. The lowest BCUT2D eigenvalue weighted by molar-refractivity contribution is -0.137. The zero-order valence-corrected chi connectivity index (χ0v) is 14.9. The Morgan fingerprint density at radius 2 is 1.92 bits per heavy atom. The molecule has 5 heteroatoms. The fraction of sp³-hybridized carbons (Fsp3) is 0.474. The lowest BCUT2D eigenvalue weighted by atomic mass is 10.1. The summed E-state index contributed by atoms with van der Waals surface area (Å²) >= 11 is 0. The number of aryl methyl sites for hydroxylation is 3. The second-order valence-electron chi connectivity index (χ2n) is 5.95. The van der Waals surface area contributed by atoms with Crippen LogP contribution in [0.1, 0.15) is 48.8 Å². The van der Waals surface area contributed by atoms with Gasteiger partial charge in [-0.1, -0.05) is 13.0 Å². The first-order valence-electron chi connectivity index (χ1n) is 8.57. The molecule has 1 aromatic carbocycles. The highest BCUT2D eigenvalue weighted by atomic mass is 16.4. The smallest absolute Gasteiger partial charge is 0.305 e. The molecule has 0 saturated heterocycles. The summed E-state index contributed by atoms with van der Waals surface area (Å²) in [4.78, 5) is 25.5. The Kier molecular flexibility index (Phi) is 5.65. The topological polar surface area (TPSA) is 62.5 Å². The molecule has 0 aliphatic carbocycles. The number of carboxylic acids is 1. The Morgan fingerprint density at radius 3 is 2.46 bits per heavy atom. The van der Waals surface area contributed by atoms with Crippen molar-refractivity contribution in [1.82, 2.24) is 9.47 Å². The number of hydrogen-bond donors (Lipinski definition) is 1. The predicted octanol–water partition coefficient (Wildman–Crippen LogP) is 3.47. The molecule has 1 heterocycles. The third-order valence-electron chi connectivity index (χ3n) is 4.57. The molecule has 130 valence electrons. The molecule has 0 fully saturated rings. The molecule has 1 aromatic heterocycles. The average molecular weight is 330 g/mol. The van der Waals surface area contributed by atoms with Crippen LogP contribution in [0.15, 0.2) is 18.2 Å². The SMILES string of the molecule is CCc1ccc2c(c1)c(C)c(C(=O)N(CC)CCC(=O)O)n2CC. The van der Waals surface area contributed by atoms with Crippen molar-refractivity contribution in [2.75, 3.05) is 13.1 Å². The van der Waals surface area contributed by atoms with Gasteiger partial charge in [0, 0.05) is 30.5 Å². The highest BCUT2D eigenvalue weighted by Crippen LogP contribution is 2.28. The van der Waals surface area contributed by atoms with Crippen molar-refractivity contribution in [3.63, 3.8) is 0 Å². The third kappa shape index (κ3) is 3.30. The first kappa shape index (κ1) is 18.0. The monoisotopic (exact) mass is 330 g/mol. The molecule has 1 amide bonds. The molecule has 0 saturated carbocycles. The van der Waals surface area contributed by atoms with Gasteiger partial charge in [0.25, 0.3) is 5.91 Å². The summed E-state index contributed by atoms with van der Waals surface area (Å²) in [6.45, 7) is 9.43. The van der Waals surface area contributed by atoms with Crippen LogP contribution < -0.4 is 0 Å². The molecule has 24 heavy (non-hydrogen) atoms. The highest BCUT2D eigenvalue weighted by molar-refractivity contribution is 6.02. The Balaban J connectivity index is 2.51. The van der Waals surface area contributed by atoms with Gasteiger partial charge in [-0.25, -0.2) is 0 Å². The molecule has 0 radical (unpaired) electrons. The fourth-order valence-corrected chi connectivity index (χ4v) is 3.18. The summed E-state index contributed by atoms with van der Waals surface area (Å²) in [5.74, 6) is -0.978. The third-order valence-corrected chi connectivity index (χ3v) is 4.57. The van der Waals surface area contributed by atoms with E-state index in [4.69, 9.17) is 5.11 Å². The molecule has 0 aliphatic rings. The van der Waals surface area contributed by atoms with Crippen LogP contribution in [-0.2, 0) is 17.8 Å². The predicted molar refractivity (Wildman–Crippen MR) is 95.6 cm³/mol. The van der Waals surface area contributed by atoms with Crippen LogP contribution in [0.4, 0.5) is 0 Å². The number of hydrogen-bond acceptors (Lipinski definition) is 2. The van der Waals surface area contributed by atoms with Crippen LogP contribution >= 0.6 is 0 Å². The first-order valence-corrected chi connectivity index (χ1v) is 8.57. The maximum absolute atomic E-state index is 13.0. The van der Waals surface area contributed by atoms with E-state index in [1.165, 1.54) is 5.56 Å².